The molecule has 0 aliphatic heterocycles. The molecule has 0 aromatic heterocycles. The van der Waals surface area contributed by atoms with E-state index >= 15 is 0 Å². The Morgan fingerprint density at radius 3 is 2.18 bits per heavy atom. The molecule has 0 bridgehead atoms. The maximum Gasteiger partial charge on any atom is 0.407 e. The molecule has 0 radical (unpaired) electrons. The monoisotopic (exact) mass is 462 g/mol. The highest BCUT2D eigenvalue weighted by molar-refractivity contribution is 5.80. The predicted octanol–water partition coefficient (Wildman–Crippen LogP) is 4.21. The number of benzene rings is 2. The maximum atomic E-state index is 12.7. The molecule has 2 saturated carbocycles. The average Bonchev–Trinajstić information content (AvgIpc) is 3.39. The minimum atomic E-state index is -0.802. The lowest BCUT2D eigenvalue weighted by Gasteiger charge is -2.41. The highest BCUT2D eigenvalue weighted by Gasteiger charge is 2.42. The van der Waals surface area contributed by atoms with Crippen LogP contribution in [0.1, 0.15) is 62.0 Å². The first-order valence-electron chi connectivity index (χ1n) is 12.1. The van der Waals surface area contributed by atoms with E-state index in [1.165, 1.54) is 11.1 Å². The predicted molar refractivity (Wildman–Crippen MR) is 126 cm³/mol. The first-order valence-corrected chi connectivity index (χ1v) is 12.1. The normalized spacial score (nSPS) is 22.2. The molecule has 2 atom stereocenters. The van der Waals surface area contributed by atoms with Crippen molar-refractivity contribution >= 4 is 18.0 Å². The van der Waals surface area contributed by atoms with Crippen LogP contribution in [0.25, 0.3) is 11.1 Å². The first kappa shape index (κ1) is 22.4. The molecule has 0 spiro atoms. The van der Waals surface area contributed by atoms with Gasteiger partial charge < -0.3 is 20.5 Å². The third-order valence-electron chi connectivity index (χ3n) is 7.67. The van der Waals surface area contributed by atoms with Crippen molar-refractivity contribution in [2.45, 2.75) is 62.4 Å². The Bertz CT molecular complexity index is 1060. The van der Waals surface area contributed by atoms with Crippen LogP contribution >= 0.6 is 0 Å². The first-order chi connectivity index (χ1) is 16.4. The van der Waals surface area contributed by atoms with Gasteiger partial charge >= 0.3 is 12.1 Å². The second-order valence-electron chi connectivity index (χ2n) is 9.87. The number of alkyl carbamates (subject to hydrolysis) is 1. The van der Waals surface area contributed by atoms with E-state index in [0.717, 1.165) is 30.4 Å². The number of carbonyl (C=O) groups excluding carboxylic acids is 2. The number of aliphatic carboxylic acids is 1. The summed E-state index contributed by atoms with van der Waals surface area (Å²) >= 11 is 0. The van der Waals surface area contributed by atoms with E-state index in [0.29, 0.717) is 19.3 Å². The van der Waals surface area contributed by atoms with Crippen LogP contribution in [0.4, 0.5) is 4.79 Å². The summed E-state index contributed by atoms with van der Waals surface area (Å²) in [6.07, 6.45) is 3.82. The number of hydrogen-bond acceptors (Lipinski definition) is 4. The molecule has 2 amide bonds. The molecular formula is C27H30N2O5. The van der Waals surface area contributed by atoms with Crippen molar-refractivity contribution in [2.75, 3.05) is 6.61 Å². The lowest BCUT2D eigenvalue weighted by atomic mass is 9.74. The minimum absolute atomic E-state index is 0.0108. The SMILES string of the molecule is O=C(CC1(NC(=O)OCC2c3ccccc3-c3ccccc32)CCC1)N[C@@H]1CC[C@H](C(=O)O)C1. The topological polar surface area (TPSA) is 105 Å². The number of rotatable bonds is 7. The fraction of sp³-hybridized carbons (Fsp3) is 0.444. The molecule has 2 fully saturated rings. The van der Waals surface area contributed by atoms with Gasteiger partial charge in [0.05, 0.1) is 11.5 Å². The summed E-state index contributed by atoms with van der Waals surface area (Å²) in [6, 6.07) is 16.3. The molecule has 0 heterocycles. The van der Waals surface area contributed by atoms with Crippen molar-refractivity contribution in [3.05, 3.63) is 59.7 Å². The van der Waals surface area contributed by atoms with E-state index in [-0.39, 0.29) is 36.8 Å². The number of fused-ring (bicyclic) bond motifs is 3. The zero-order valence-electron chi connectivity index (χ0n) is 19.1. The number of carboxylic acid groups (broad SMARTS) is 1. The second kappa shape index (κ2) is 9.12. The van der Waals surface area contributed by atoms with Crippen molar-refractivity contribution in [3.8, 4) is 11.1 Å². The van der Waals surface area contributed by atoms with Gasteiger partial charge in [-0.3, -0.25) is 9.59 Å². The van der Waals surface area contributed by atoms with E-state index in [1.54, 1.807) is 0 Å². The van der Waals surface area contributed by atoms with E-state index < -0.39 is 17.6 Å². The summed E-state index contributed by atoms with van der Waals surface area (Å²) in [7, 11) is 0. The van der Waals surface area contributed by atoms with Crippen molar-refractivity contribution in [1.82, 2.24) is 10.6 Å². The number of carboxylic acids is 1. The number of hydrogen-bond donors (Lipinski definition) is 3. The van der Waals surface area contributed by atoms with Gasteiger partial charge in [0.25, 0.3) is 0 Å². The number of amides is 2. The van der Waals surface area contributed by atoms with Crippen LogP contribution in [-0.4, -0.2) is 41.3 Å². The molecule has 0 unspecified atom stereocenters. The molecule has 3 aliphatic carbocycles. The highest BCUT2D eigenvalue weighted by Crippen LogP contribution is 2.44. The molecule has 178 valence electrons. The van der Waals surface area contributed by atoms with Gasteiger partial charge in [-0.05, 0) is 60.8 Å². The van der Waals surface area contributed by atoms with Crippen LogP contribution in [0.5, 0.6) is 0 Å². The Morgan fingerprint density at radius 1 is 0.971 bits per heavy atom. The lowest BCUT2D eigenvalue weighted by Crippen LogP contribution is -2.56. The number of carbonyl (C=O) groups is 3. The summed E-state index contributed by atoms with van der Waals surface area (Å²) in [5, 5.41) is 15.1. The van der Waals surface area contributed by atoms with Gasteiger partial charge in [0.1, 0.15) is 6.61 Å². The zero-order valence-corrected chi connectivity index (χ0v) is 19.1. The van der Waals surface area contributed by atoms with Gasteiger partial charge in [-0.15, -0.1) is 0 Å². The van der Waals surface area contributed by atoms with Crippen molar-refractivity contribution in [2.24, 2.45) is 5.92 Å². The summed E-state index contributed by atoms with van der Waals surface area (Å²) in [5.74, 6) is -1.34. The Kier molecular flexibility index (Phi) is 6.02. The Hall–Kier alpha value is -3.35. The van der Waals surface area contributed by atoms with Crippen LogP contribution in [0.3, 0.4) is 0 Å². The van der Waals surface area contributed by atoms with Gasteiger partial charge in [-0.1, -0.05) is 48.5 Å². The maximum absolute atomic E-state index is 12.7. The molecular weight excluding hydrogens is 432 g/mol. The zero-order chi connectivity index (χ0) is 23.7. The summed E-state index contributed by atoms with van der Waals surface area (Å²) in [6.45, 7) is 0.237. The van der Waals surface area contributed by atoms with Crippen molar-refractivity contribution in [3.63, 3.8) is 0 Å². The van der Waals surface area contributed by atoms with Gasteiger partial charge in [-0.25, -0.2) is 4.79 Å². The molecule has 0 saturated heterocycles. The molecule has 3 aliphatic rings. The summed E-state index contributed by atoms with van der Waals surface area (Å²) in [4.78, 5) is 36.6. The molecule has 2 aromatic rings. The van der Waals surface area contributed by atoms with E-state index in [4.69, 9.17) is 9.84 Å². The van der Waals surface area contributed by atoms with Crippen LogP contribution < -0.4 is 10.6 Å². The van der Waals surface area contributed by atoms with Crippen LogP contribution in [0.2, 0.25) is 0 Å². The molecule has 5 rings (SSSR count). The minimum Gasteiger partial charge on any atom is -0.481 e. The summed E-state index contributed by atoms with van der Waals surface area (Å²) in [5.41, 5.74) is 4.08. The standard InChI is InChI=1S/C27H30N2O5/c30-24(28-18-11-10-17(14-18)25(31)32)15-27(12-5-13-27)29-26(33)34-16-23-21-8-3-1-6-19(21)20-7-2-4-9-22(20)23/h1-4,6-9,17-18,23H,5,10-16H2,(H,28,30)(H,29,33)(H,31,32)/t17-,18+/m0/s1. The highest BCUT2D eigenvalue weighted by atomic mass is 16.5. The number of ether oxygens (including phenoxy) is 1. The molecule has 7 heteroatoms. The largest absolute Gasteiger partial charge is 0.481 e. The summed E-state index contributed by atoms with van der Waals surface area (Å²) < 4.78 is 5.68. The molecule has 34 heavy (non-hydrogen) atoms. The van der Waals surface area contributed by atoms with E-state index in [2.05, 4.69) is 34.9 Å². The fourth-order valence-electron chi connectivity index (χ4n) is 5.72. The Labute approximate surface area is 198 Å². The quantitative estimate of drug-likeness (QED) is 0.572. The fourth-order valence-corrected chi connectivity index (χ4v) is 5.72. The van der Waals surface area contributed by atoms with E-state index in [9.17, 15) is 14.4 Å². The third-order valence-corrected chi connectivity index (χ3v) is 7.67. The third kappa shape index (κ3) is 4.39. The van der Waals surface area contributed by atoms with Crippen LogP contribution in [-0.2, 0) is 14.3 Å². The Balaban J connectivity index is 1.17. The van der Waals surface area contributed by atoms with E-state index in [1.807, 2.05) is 24.3 Å². The van der Waals surface area contributed by atoms with Crippen LogP contribution in [0, 0.1) is 5.92 Å². The Morgan fingerprint density at radius 2 is 1.62 bits per heavy atom. The molecule has 7 nitrogen and oxygen atoms in total. The van der Waals surface area contributed by atoms with Crippen LogP contribution in [0.15, 0.2) is 48.5 Å². The van der Waals surface area contributed by atoms with Gasteiger partial charge in [-0.2, -0.15) is 0 Å². The molecule has 2 aromatic carbocycles. The number of nitrogens with one attached hydrogen (secondary N) is 2. The van der Waals surface area contributed by atoms with Crippen molar-refractivity contribution < 1.29 is 24.2 Å². The average molecular weight is 463 g/mol. The van der Waals surface area contributed by atoms with Gasteiger partial charge in [0.2, 0.25) is 5.91 Å². The second-order valence-corrected chi connectivity index (χ2v) is 9.87. The molecule has 3 N–H and O–H groups in total. The van der Waals surface area contributed by atoms with Crippen molar-refractivity contribution in [1.29, 1.82) is 0 Å². The lowest BCUT2D eigenvalue weighted by molar-refractivity contribution is -0.141. The van der Waals surface area contributed by atoms with Gasteiger partial charge in [0, 0.05) is 18.4 Å². The smallest absolute Gasteiger partial charge is 0.407 e. The van der Waals surface area contributed by atoms with Gasteiger partial charge in [0.15, 0.2) is 0 Å².